The number of nitrogens with zero attached hydrogens (tertiary/aromatic N) is 4. The zero-order valence-corrected chi connectivity index (χ0v) is 23.7. The lowest BCUT2D eigenvalue weighted by atomic mass is 9.98. The maximum Gasteiger partial charge on any atom is 0.0555 e. The van der Waals surface area contributed by atoms with Crippen molar-refractivity contribution in [1.82, 2.24) is 19.6 Å². The topological polar surface area (TPSA) is 173 Å². The molecule has 0 radical (unpaired) electrons. The minimum atomic E-state index is -1.32. The average Bonchev–Trinajstić information content (AvgIpc) is 2.90. The fraction of sp³-hybridized carbons (Fsp3) is 0.467. The molecule has 3 rings (SSSR count). The molecule has 0 amide bonds. The standard InChI is InChI=1S/C30H40N4O8/c1-22-3-2-4-25(15-22)24-7-5-23(6-8-24)16-26-17-33(20-29(39)40)12-11-31(18-27(35)36)9-10-32(19-28(37)38)13-14-34(26)21-30(41)42/h2-8,15,26H,9-14,16-21H2,1H3,(H,35,36)(H,37,38)(H,39,40)(H,41,42)/p-4. The molecule has 0 bridgehead atoms. The molecular weight excluding hydrogens is 544 g/mol. The van der Waals surface area contributed by atoms with Crippen molar-refractivity contribution in [3.63, 3.8) is 0 Å². The van der Waals surface area contributed by atoms with Crippen molar-refractivity contribution in [3.05, 3.63) is 59.7 Å². The van der Waals surface area contributed by atoms with Gasteiger partial charge in [-0.15, -0.1) is 0 Å². The van der Waals surface area contributed by atoms with Crippen molar-refractivity contribution in [3.8, 4) is 11.1 Å². The van der Waals surface area contributed by atoms with Gasteiger partial charge in [0.25, 0.3) is 0 Å². The Morgan fingerprint density at radius 1 is 0.643 bits per heavy atom. The van der Waals surface area contributed by atoms with Gasteiger partial charge in [-0.05, 0) is 30.0 Å². The van der Waals surface area contributed by atoms with Crippen LogP contribution >= 0.6 is 0 Å². The molecule has 1 aliphatic heterocycles. The van der Waals surface area contributed by atoms with E-state index >= 15 is 0 Å². The lowest BCUT2D eigenvalue weighted by molar-refractivity contribution is -0.309. The van der Waals surface area contributed by atoms with Gasteiger partial charge in [0, 0.05) is 78.0 Å². The van der Waals surface area contributed by atoms with Gasteiger partial charge in [-0.1, -0.05) is 54.1 Å². The molecule has 12 nitrogen and oxygen atoms in total. The van der Waals surface area contributed by atoms with Crippen LogP contribution in [0.15, 0.2) is 48.5 Å². The van der Waals surface area contributed by atoms with E-state index in [4.69, 9.17) is 0 Å². The van der Waals surface area contributed by atoms with Crippen LogP contribution in [0.3, 0.4) is 0 Å². The number of rotatable bonds is 11. The summed E-state index contributed by atoms with van der Waals surface area (Å²) >= 11 is 0. The van der Waals surface area contributed by atoms with Gasteiger partial charge in [0.2, 0.25) is 0 Å². The van der Waals surface area contributed by atoms with E-state index in [-0.39, 0.29) is 45.8 Å². The third-order valence-electron chi connectivity index (χ3n) is 7.32. The van der Waals surface area contributed by atoms with E-state index < -0.39 is 56.1 Å². The van der Waals surface area contributed by atoms with Crippen LogP contribution in [0, 0.1) is 6.92 Å². The Labute approximate surface area is 245 Å². The van der Waals surface area contributed by atoms with Crippen LogP contribution in [0.2, 0.25) is 0 Å². The molecular formula is C30H36N4O8-4. The lowest BCUT2D eigenvalue weighted by Crippen LogP contribution is -2.55. The summed E-state index contributed by atoms with van der Waals surface area (Å²) in [6, 6.07) is 15.4. The molecule has 2 aromatic rings. The molecule has 0 N–H and O–H groups in total. The van der Waals surface area contributed by atoms with E-state index in [2.05, 4.69) is 6.07 Å². The molecule has 1 atom stereocenters. The summed E-state index contributed by atoms with van der Waals surface area (Å²) in [5.74, 6) is -5.26. The summed E-state index contributed by atoms with van der Waals surface area (Å²) in [5.41, 5.74) is 4.09. The largest absolute Gasteiger partial charge is 0.549 e. The van der Waals surface area contributed by atoms with Crippen LogP contribution in [0.25, 0.3) is 11.1 Å². The van der Waals surface area contributed by atoms with Crippen molar-refractivity contribution in [2.75, 3.05) is 72.0 Å². The first-order chi connectivity index (χ1) is 20.0. The normalized spacial score (nSPS) is 18.5. The molecule has 12 heteroatoms. The summed E-state index contributed by atoms with van der Waals surface area (Å²) in [6.45, 7) is 1.42. The second kappa shape index (κ2) is 16.0. The third-order valence-corrected chi connectivity index (χ3v) is 7.32. The smallest absolute Gasteiger partial charge is 0.0555 e. The predicted molar refractivity (Wildman–Crippen MR) is 145 cm³/mol. The first kappa shape index (κ1) is 32.7. The van der Waals surface area contributed by atoms with Gasteiger partial charge in [-0.3, -0.25) is 19.6 Å². The van der Waals surface area contributed by atoms with Crippen molar-refractivity contribution >= 4 is 23.9 Å². The second-order valence-electron chi connectivity index (χ2n) is 10.7. The molecule has 1 aliphatic rings. The molecule has 1 saturated heterocycles. The van der Waals surface area contributed by atoms with Crippen LogP contribution < -0.4 is 20.4 Å². The number of aliphatic carboxylic acids is 4. The zero-order chi connectivity index (χ0) is 30.6. The number of carbonyl (C=O) groups excluding carboxylic acids is 4. The Kier molecular flexibility index (Phi) is 12.4. The molecule has 42 heavy (non-hydrogen) atoms. The van der Waals surface area contributed by atoms with Crippen molar-refractivity contribution in [2.45, 2.75) is 19.4 Å². The number of hydrogen-bond acceptors (Lipinski definition) is 12. The Bertz CT molecular complexity index is 1220. The number of carboxylic acids is 4. The fourth-order valence-electron chi connectivity index (χ4n) is 5.25. The molecule has 0 aliphatic carbocycles. The van der Waals surface area contributed by atoms with E-state index in [9.17, 15) is 39.6 Å². The highest BCUT2D eigenvalue weighted by Crippen LogP contribution is 2.22. The number of carboxylic acid groups (broad SMARTS) is 4. The van der Waals surface area contributed by atoms with Crippen molar-refractivity contribution in [2.24, 2.45) is 0 Å². The zero-order valence-electron chi connectivity index (χ0n) is 23.7. The quantitative estimate of drug-likeness (QED) is 0.251. The van der Waals surface area contributed by atoms with Gasteiger partial charge in [0.15, 0.2) is 0 Å². The van der Waals surface area contributed by atoms with Crippen LogP contribution in [0.5, 0.6) is 0 Å². The molecule has 1 unspecified atom stereocenters. The first-order valence-corrected chi connectivity index (χ1v) is 13.8. The number of aryl methyl sites for hydroxylation is 1. The maximum atomic E-state index is 11.8. The van der Waals surface area contributed by atoms with Crippen LogP contribution in [-0.4, -0.2) is 122 Å². The fourth-order valence-corrected chi connectivity index (χ4v) is 5.25. The SMILES string of the molecule is Cc1cccc(-c2ccc(CC3CN(CC(=O)[O-])CCN(CC(=O)[O-])CCN(CC(=O)[O-])CCN3CC(=O)[O-])cc2)c1. The Morgan fingerprint density at radius 3 is 1.67 bits per heavy atom. The van der Waals surface area contributed by atoms with Crippen LogP contribution in [-0.2, 0) is 25.6 Å². The average molecular weight is 581 g/mol. The van der Waals surface area contributed by atoms with E-state index in [0.717, 1.165) is 22.3 Å². The molecule has 1 fully saturated rings. The van der Waals surface area contributed by atoms with E-state index in [1.165, 1.54) is 0 Å². The molecule has 228 valence electrons. The van der Waals surface area contributed by atoms with E-state index in [0.29, 0.717) is 6.42 Å². The lowest BCUT2D eigenvalue weighted by Gasteiger charge is -2.39. The second-order valence-corrected chi connectivity index (χ2v) is 10.7. The highest BCUT2D eigenvalue weighted by molar-refractivity contribution is 5.68. The third kappa shape index (κ3) is 11.2. The minimum Gasteiger partial charge on any atom is -0.549 e. The number of hydrogen-bond donors (Lipinski definition) is 0. The van der Waals surface area contributed by atoms with Gasteiger partial charge < -0.3 is 39.6 Å². The molecule has 0 aromatic heterocycles. The van der Waals surface area contributed by atoms with Gasteiger partial charge >= 0.3 is 0 Å². The summed E-state index contributed by atoms with van der Waals surface area (Å²) in [4.78, 5) is 52.5. The van der Waals surface area contributed by atoms with Gasteiger partial charge in [-0.2, -0.15) is 0 Å². The Morgan fingerprint density at radius 2 is 1.14 bits per heavy atom. The molecule has 0 spiro atoms. The Hall–Kier alpha value is -3.84. The minimum absolute atomic E-state index is 0.139. The highest BCUT2D eigenvalue weighted by Gasteiger charge is 2.25. The van der Waals surface area contributed by atoms with Gasteiger partial charge in [-0.25, -0.2) is 0 Å². The van der Waals surface area contributed by atoms with E-state index in [1.807, 2.05) is 49.4 Å². The molecule has 1 heterocycles. The number of carbonyl (C=O) groups is 4. The van der Waals surface area contributed by atoms with Crippen LogP contribution in [0.1, 0.15) is 11.1 Å². The monoisotopic (exact) mass is 580 g/mol. The Balaban J connectivity index is 1.92. The van der Waals surface area contributed by atoms with E-state index in [1.54, 1.807) is 19.6 Å². The van der Waals surface area contributed by atoms with Gasteiger partial charge in [0.05, 0.1) is 23.9 Å². The summed E-state index contributed by atoms with van der Waals surface area (Å²) in [5, 5.41) is 46.1. The molecule has 2 aromatic carbocycles. The molecule has 0 saturated carbocycles. The predicted octanol–water partition coefficient (Wildman–Crippen LogP) is -4.21. The maximum absolute atomic E-state index is 11.8. The number of benzene rings is 2. The van der Waals surface area contributed by atoms with Gasteiger partial charge in [0.1, 0.15) is 0 Å². The van der Waals surface area contributed by atoms with Crippen molar-refractivity contribution in [1.29, 1.82) is 0 Å². The summed E-state index contributed by atoms with van der Waals surface area (Å²) in [7, 11) is 0. The van der Waals surface area contributed by atoms with Crippen molar-refractivity contribution < 1.29 is 39.6 Å². The highest BCUT2D eigenvalue weighted by atomic mass is 16.4. The first-order valence-electron chi connectivity index (χ1n) is 13.8. The summed E-state index contributed by atoms with van der Waals surface area (Å²) in [6.07, 6.45) is 0.369. The summed E-state index contributed by atoms with van der Waals surface area (Å²) < 4.78 is 0. The van der Waals surface area contributed by atoms with Crippen LogP contribution in [0.4, 0.5) is 0 Å².